The monoisotopic (exact) mass is 756 g/mol. The number of fused-ring (bicyclic) bond motifs is 1. The molecular formula is C43H47F3N4O5. The predicted octanol–water partition coefficient (Wildman–Crippen LogP) is 7.87. The zero-order valence-corrected chi connectivity index (χ0v) is 30.5. The van der Waals surface area contributed by atoms with Gasteiger partial charge in [-0.15, -0.1) is 0 Å². The number of aryl methyl sites for hydroxylation is 1. The van der Waals surface area contributed by atoms with Crippen LogP contribution in [0.5, 0.6) is 5.75 Å². The summed E-state index contributed by atoms with van der Waals surface area (Å²) in [6, 6.07) is 31.4. The quantitative estimate of drug-likeness (QED) is 0.0826. The highest BCUT2D eigenvalue weighted by Gasteiger charge is 2.38. The van der Waals surface area contributed by atoms with Gasteiger partial charge in [0, 0.05) is 48.7 Å². The van der Waals surface area contributed by atoms with E-state index in [1.54, 1.807) is 12.1 Å². The van der Waals surface area contributed by atoms with Crippen molar-refractivity contribution < 1.29 is 37.8 Å². The van der Waals surface area contributed by atoms with Crippen molar-refractivity contribution in [1.29, 1.82) is 0 Å². The van der Waals surface area contributed by atoms with Gasteiger partial charge in [0.2, 0.25) is 5.91 Å². The number of para-hydroxylation sites is 1. The predicted molar refractivity (Wildman–Crippen MR) is 206 cm³/mol. The van der Waals surface area contributed by atoms with Crippen molar-refractivity contribution in [2.45, 2.75) is 57.7 Å². The van der Waals surface area contributed by atoms with E-state index >= 15 is 0 Å². The van der Waals surface area contributed by atoms with E-state index in [0.29, 0.717) is 56.3 Å². The maximum absolute atomic E-state index is 13.8. The summed E-state index contributed by atoms with van der Waals surface area (Å²) in [6.07, 6.45) is 3.26. The molecule has 0 aliphatic heterocycles. The molecule has 6 rings (SSSR count). The Bertz CT molecular complexity index is 2050. The van der Waals surface area contributed by atoms with Crippen LogP contribution in [-0.4, -0.2) is 63.7 Å². The molecule has 4 aromatic carbocycles. The van der Waals surface area contributed by atoms with Gasteiger partial charge in [-0.05, 0) is 115 Å². The highest BCUT2D eigenvalue weighted by molar-refractivity contribution is 5.95. The molecule has 12 heteroatoms. The second-order valence-corrected chi connectivity index (χ2v) is 14.0. The first kappa shape index (κ1) is 40.6. The topological polar surface area (TPSA) is 149 Å². The van der Waals surface area contributed by atoms with E-state index in [0.717, 1.165) is 58.1 Å². The van der Waals surface area contributed by atoms with Gasteiger partial charge in [-0.3, -0.25) is 9.59 Å². The number of nitrogens with one attached hydrogen (secondary N) is 2. The summed E-state index contributed by atoms with van der Waals surface area (Å²) in [5.74, 6) is -1.43. The van der Waals surface area contributed by atoms with Crippen LogP contribution in [0.1, 0.15) is 59.2 Å². The van der Waals surface area contributed by atoms with E-state index in [2.05, 4.69) is 40.6 Å². The lowest BCUT2D eigenvalue weighted by atomic mass is 9.81. The third kappa shape index (κ3) is 11.9. The minimum absolute atomic E-state index is 0.0518. The Hall–Kier alpha value is -5.62. The summed E-state index contributed by atoms with van der Waals surface area (Å²) in [5, 5.41) is 21.2. The number of nitrogens with two attached hydrogens (primary N) is 1. The number of amides is 2. The molecule has 2 atom stereocenters. The maximum atomic E-state index is 13.8. The minimum atomic E-state index is -5.08. The van der Waals surface area contributed by atoms with Crippen molar-refractivity contribution in [3.8, 4) is 16.9 Å². The van der Waals surface area contributed by atoms with Gasteiger partial charge >= 0.3 is 12.1 Å². The minimum Gasteiger partial charge on any atom is -0.508 e. The molecule has 5 aromatic rings. The molecule has 6 N–H and O–H groups in total. The van der Waals surface area contributed by atoms with Crippen LogP contribution in [0.2, 0.25) is 0 Å². The summed E-state index contributed by atoms with van der Waals surface area (Å²) in [5.41, 5.74) is 12.8. The molecule has 1 aliphatic carbocycles. The smallest absolute Gasteiger partial charge is 0.490 e. The van der Waals surface area contributed by atoms with Gasteiger partial charge in [-0.25, -0.2) is 4.79 Å². The Balaban J connectivity index is 0.000000757. The van der Waals surface area contributed by atoms with E-state index < -0.39 is 12.1 Å². The molecule has 0 radical (unpaired) electrons. The van der Waals surface area contributed by atoms with Crippen LogP contribution in [0, 0.1) is 11.8 Å². The van der Waals surface area contributed by atoms with Gasteiger partial charge in [0.05, 0.1) is 0 Å². The number of phenolic OH excluding ortho intramolecular Hbond substituents is 1. The van der Waals surface area contributed by atoms with Gasteiger partial charge in [0.1, 0.15) is 5.75 Å². The van der Waals surface area contributed by atoms with Crippen molar-refractivity contribution in [3.63, 3.8) is 0 Å². The van der Waals surface area contributed by atoms with Gasteiger partial charge in [-0.1, -0.05) is 67.1 Å². The number of aromatic hydroxyl groups is 1. The van der Waals surface area contributed by atoms with Crippen molar-refractivity contribution in [2.24, 2.45) is 17.6 Å². The van der Waals surface area contributed by atoms with Gasteiger partial charge in [0.15, 0.2) is 0 Å². The lowest BCUT2D eigenvalue weighted by molar-refractivity contribution is -0.192. The number of carbonyl (C=O) groups excluding carboxylic acids is 2. The van der Waals surface area contributed by atoms with E-state index in [-0.39, 0.29) is 17.6 Å². The number of aliphatic carboxylic acids is 1. The van der Waals surface area contributed by atoms with Gasteiger partial charge < -0.3 is 31.1 Å². The van der Waals surface area contributed by atoms with Crippen LogP contribution >= 0.6 is 0 Å². The molecule has 2 amide bonds. The highest BCUT2D eigenvalue weighted by Crippen LogP contribution is 2.28. The molecule has 1 heterocycles. The van der Waals surface area contributed by atoms with E-state index in [1.807, 2.05) is 65.7 Å². The summed E-state index contributed by atoms with van der Waals surface area (Å²) >= 11 is 0. The largest absolute Gasteiger partial charge is 0.508 e. The first-order valence-corrected chi connectivity index (χ1v) is 18.5. The number of halogens is 3. The zero-order chi connectivity index (χ0) is 39.4. The van der Waals surface area contributed by atoms with Crippen LogP contribution in [0.3, 0.4) is 0 Å². The van der Waals surface area contributed by atoms with Gasteiger partial charge in [0.25, 0.3) is 5.91 Å². The number of rotatable bonds is 13. The van der Waals surface area contributed by atoms with Gasteiger partial charge in [-0.2, -0.15) is 13.2 Å². The number of benzene rings is 4. The first-order valence-electron chi connectivity index (χ1n) is 18.5. The lowest BCUT2D eigenvalue weighted by Crippen LogP contribution is -2.33. The van der Waals surface area contributed by atoms with Crippen molar-refractivity contribution in [2.75, 3.05) is 19.6 Å². The fourth-order valence-corrected chi connectivity index (χ4v) is 7.01. The molecule has 0 bridgehead atoms. The number of hydrogen-bond acceptors (Lipinski definition) is 5. The zero-order valence-electron chi connectivity index (χ0n) is 30.5. The number of hydrogen-bond donors (Lipinski definition) is 5. The average Bonchev–Trinajstić information content (AvgIpc) is 3.61. The summed E-state index contributed by atoms with van der Waals surface area (Å²) in [4.78, 5) is 41.1. The molecule has 0 saturated heterocycles. The second kappa shape index (κ2) is 19.1. The molecule has 1 aliphatic rings. The fraction of sp³-hybridized carbons (Fsp3) is 0.326. The molecule has 290 valence electrons. The first-order chi connectivity index (χ1) is 26.4. The number of alkyl halides is 3. The fourth-order valence-electron chi connectivity index (χ4n) is 7.01. The van der Waals surface area contributed by atoms with Crippen molar-refractivity contribution in [3.05, 3.63) is 126 Å². The average molecular weight is 757 g/mol. The molecule has 0 spiro atoms. The molecule has 1 aromatic heterocycles. The van der Waals surface area contributed by atoms with Crippen molar-refractivity contribution in [1.82, 2.24) is 15.2 Å². The number of nitrogens with zero attached hydrogens (tertiary/aromatic N) is 1. The van der Waals surface area contributed by atoms with Crippen LogP contribution in [0.15, 0.2) is 103 Å². The third-order valence-electron chi connectivity index (χ3n) is 10.0. The normalized spacial score (nSPS) is 15.5. The Labute approximate surface area is 318 Å². The number of aromatic nitrogens is 1. The molecule has 55 heavy (non-hydrogen) atoms. The van der Waals surface area contributed by atoms with Crippen molar-refractivity contribution >= 4 is 28.7 Å². The number of carboxylic acid groups (broad SMARTS) is 1. The lowest BCUT2D eigenvalue weighted by Gasteiger charge is -2.28. The number of H-pyrrole nitrogens is 1. The van der Waals surface area contributed by atoms with E-state index in [1.165, 1.54) is 12.8 Å². The maximum Gasteiger partial charge on any atom is 0.490 e. The molecular weight excluding hydrogens is 709 g/mol. The molecule has 9 nitrogen and oxygen atoms in total. The molecule has 2 unspecified atom stereocenters. The number of carbonyl (C=O) groups is 3. The van der Waals surface area contributed by atoms with Crippen LogP contribution < -0.4 is 11.1 Å². The van der Waals surface area contributed by atoms with Crippen LogP contribution in [-0.2, 0) is 29.0 Å². The van der Waals surface area contributed by atoms with Crippen LogP contribution in [0.4, 0.5) is 13.2 Å². The summed E-state index contributed by atoms with van der Waals surface area (Å²) in [7, 11) is 0. The Kier molecular flexibility index (Phi) is 14.1. The standard InChI is InChI=1S/C41H46N4O3.C2HF3O2/c42-25-30-6-3-7-31(22-30)26-44-41(48)35-11-5-10-34(24-35)33-9-4-8-32(23-33)28-45(21-20-29-14-17-37(46)18-15-29)40(47)19-16-36-27-43-39-13-2-1-12-38(36)39;3-2(4,5)1(6)7/h1-2,4-5,8-15,17-18,23-24,27,30-31,43,46H,3,6-7,16,19-22,25-26,28,42H2,(H,44,48);(H,6,7). The number of phenols is 1. The Morgan fingerprint density at radius 2 is 1.55 bits per heavy atom. The molecule has 1 saturated carbocycles. The summed E-state index contributed by atoms with van der Waals surface area (Å²) in [6.45, 7) is 2.44. The molecule has 1 fully saturated rings. The third-order valence-corrected chi connectivity index (χ3v) is 10.0. The highest BCUT2D eigenvalue weighted by atomic mass is 19.4. The Morgan fingerprint density at radius 1 is 0.855 bits per heavy atom. The van der Waals surface area contributed by atoms with Crippen LogP contribution in [0.25, 0.3) is 22.0 Å². The van der Waals surface area contributed by atoms with E-state index in [4.69, 9.17) is 15.6 Å². The summed E-state index contributed by atoms with van der Waals surface area (Å²) < 4.78 is 31.7. The van der Waals surface area contributed by atoms with E-state index in [9.17, 15) is 27.9 Å². The number of aromatic amines is 1. The number of carboxylic acids is 1. The Morgan fingerprint density at radius 3 is 2.27 bits per heavy atom. The SMILES string of the molecule is NCC1CCCC(CNC(=O)c2cccc(-c3cccc(CN(CCc4ccc(O)cc4)C(=O)CCc4c[nH]c5ccccc45)c3)c2)C1.O=C(O)C(F)(F)F. The second-order valence-electron chi connectivity index (χ2n) is 14.0.